The van der Waals surface area contributed by atoms with Crippen molar-refractivity contribution in [3.05, 3.63) is 84.4 Å². The SMILES string of the molecule is C=C[C@]1(COCc2ccccc2)OC(OC)[C@H](O)[C@@H]1OCc1ccccc1. The van der Waals surface area contributed by atoms with Gasteiger partial charge in [0, 0.05) is 7.11 Å². The molecule has 0 aromatic heterocycles. The number of hydrogen-bond acceptors (Lipinski definition) is 5. The molecule has 1 aliphatic heterocycles. The summed E-state index contributed by atoms with van der Waals surface area (Å²) >= 11 is 0. The molecule has 3 rings (SSSR count). The molecule has 1 heterocycles. The third-order valence-electron chi connectivity index (χ3n) is 4.70. The molecule has 27 heavy (non-hydrogen) atoms. The van der Waals surface area contributed by atoms with Crippen molar-refractivity contribution < 1.29 is 24.1 Å². The Labute approximate surface area is 160 Å². The van der Waals surface area contributed by atoms with E-state index in [-0.39, 0.29) is 6.61 Å². The molecule has 1 aliphatic rings. The van der Waals surface area contributed by atoms with Crippen molar-refractivity contribution in [2.45, 2.75) is 37.3 Å². The van der Waals surface area contributed by atoms with Gasteiger partial charge in [-0.25, -0.2) is 0 Å². The maximum atomic E-state index is 10.6. The van der Waals surface area contributed by atoms with Gasteiger partial charge >= 0.3 is 0 Å². The minimum atomic E-state index is -0.996. The first-order valence-corrected chi connectivity index (χ1v) is 8.98. The van der Waals surface area contributed by atoms with Crippen LogP contribution in [0.3, 0.4) is 0 Å². The highest BCUT2D eigenvalue weighted by molar-refractivity contribution is 5.16. The average molecular weight is 370 g/mol. The number of ether oxygens (including phenoxy) is 4. The van der Waals surface area contributed by atoms with Crippen LogP contribution < -0.4 is 0 Å². The normalized spacial score (nSPS) is 27.6. The van der Waals surface area contributed by atoms with Gasteiger partial charge in [0.15, 0.2) is 6.29 Å². The molecule has 2 aromatic rings. The van der Waals surface area contributed by atoms with E-state index in [2.05, 4.69) is 6.58 Å². The summed E-state index contributed by atoms with van der Waals surface area (Å²) in [6, 6.07) is 19.7. The van der Waals surface area contributed by atoms with Crippen LogP contribution in [0.25, 0.3) is 0 Å². The number of rotatable bonds is 9. The van der Waals surface area contributed by atoms with Crippen molar-refractivity contribution in [2.24, 2.45) is 0 Å². The first-order chi connectivity index (χ1) is 13.2. The van der Waals surface area contributed by atoms with Crippen molar-refractivity contribution >= 4 is 0 Å². The maximum absolute atomic E-state index is 10.6. The van der Waals surface area contributed by atoms with Crippen molar-refractivity contribution in [3.63, 3.8) is 0 Å². The highest BCUT2D eigenvalue weighted by Crippen LogP contribution is 2.36. The summed E-state index contributed by atoms with van der Waals surface area (Å²) in [6.45, 7) is 4.87. The maximum Gasteiger partial charge on any atom is 0.187 e. The van der Waals surface area contributed by atoms with Gasteiger partial charge in [-0.15, -0.1) is 6.58 Å². The Kier molecular flexibility index (Phi) is 6.77. The lowest BCUT2D eigenvalue weighted by Gasteiger charge is -2.31. The van der Waals surface area contributed by atoms with E-state index in [4.69, 9.17) is 18.9 Å². The molecule has 0 radical (unpaired) electrons. The van der Waals surface area contributed by atoms with Crippen molar-refractivity contribution in [1.82, 2.24) is 0 Å². The van der Waals surface area contributed by atoms with E-state index in [1.54, 1.807) is 6.08 Å². The summed E-state index contributed by atoms with van der Waals surface area (Å²) in [7, 11) is 1.49. The molecule has 1 unspecified atom stereocenters. The molecule has 1 N–H and O–H groups in total. The standard InChI is InChI=1S/C22H26O5/c1-3-22(16-25-14-17-10-6-4-7-11-17)20(19(23)21(24-2)27-22)26-15-18-12-8-5-9-13-18/h3-13,19-21,23H,1,14-16H2,2H3/t19-,20+,21?,22-/m1/s1. The third-order valence-corrected chi connectivity index (χ3v) is 4.70. The van der Waals surface area contributed by atoms with Crippen molar-refractivity contribution in [3.8, 4) is 0 Å². The van der Waals surface area contributed by atoms with Crippen LogP contribution in [0.15, 0.2) is 73.3 Å². The molecular weight excluding hydrogens is 344 g/mol. The van der Waals surface area contributed by atoms with Crippen molar-refractivity contribution in [2.75, 3.05) is 13.7 Å². The molecule has 5 nitrogen and oxygen atoms in total. The van der Waals surface area contributed by atoms with Crippen LogP contribution in [0.4, 0.5) is 0 Å². The predicted octanol–water partition coefficient (Wildman–Crippen LogP) is 3.08. The molecule has 0 saturated carbocycles. The van der Waals surface area contributed by atoms with E-state index in [9.17, 15) is 5.11 Å². The monoisotopic (exact) mass is 370 g/mol. The van der Waals surface area contributed by atoms with E-state index in [1.165, 1.54) is 7.11 Å². The summed E-state index contributed by atoms with van der Waals surface area (Å²) in [5.41, 5.74) is 1.07. The van der Waals surface area contributed by atoms with Crippen LogP contribution in [-0.2, 0) is 32.2 Å². The average Bonchev–Trinajstić information content (AvgIpc) is 2.99. The fraction of sp³-hybridized carbons (Fsp3) is 0.364. The second-order valence-electron chi connectivity index (χ2n) is 6.57. The van der Waals surface area contributed by atoms with Crippen LogP contribution in [0.5, 0.6) is 0 Å². The van der Waals surface area contributed by atoms with Crippen LogP contribution in [0, 0.1) is 0 Å². The topological polar surface area (TPSA) is 57.2 Å². The highest BCUT2D eigenvalue weighted by Gasteiger charge is 2.54. The summed E-state index contributed by atoms with van der Waals surface area (Å²) in [6.07, 6.45) is -0.771. The lowest BCUT2D eigenvalue weighted by molar-refractivity contribution is -0.179. The van der Waals surface area contributed by atoms with Gasteiger partial charge in [0.1, 0.15) is 17.8 Å². The van der Waals surface area contributed by atoms with Gasteiger partial charge < -0.3 is 24.1 Å². The zero-order chi connectivity index (χ0) is 19.1. The first-order valence-electron chi connectivity index (χ1n) is 8.98. The number of aliphatic hydroxyl groups is 1. The Bertz CT molecular complexity index is 705. The lowest BCUT2D eigenvalue weighted by Crippen LogP contribution is -2.47. The second kappa shape index (κ2) is 9.26. The van der Waals surface area contributed by atoms with Crippen LogP contribution in [0.2, 0.25) is 0 Å². The summed E-state index contributed by atoms with van der Waals surface area (Å²) in [5.74, 6) is 0. The molecule has 0 amide bonds. The van der Waals surface area contributed by atoms with Crippen LogP contribution in [0.1, 0.15) is 11.1 Å². The fourth-order valence-corrected chi connectivity index (χ4v) is 3.21. The Hall–Kier alpha value is -2.02. The van der Waals surface area contributed by atoms with Gasteiger partial charge in [0.25, 0.3) is 0 Å². The molecule has 0 aliphatic carbocycles. The number of benzene rings is 2. The summed E-state index contributed by atoms with van der Waals surface area (Å²) in [4.78, 5) is 0. The zero-order valence-electron chi connectivity index (χ0n) is 15.5. The molecule has 5 heteroatoms. The predicted molar refractivity (Wildman–Crippen MR) is 102 cm³/mol. The molecule has 144 valence electrons. The Morgan fingerprint density at radius 2 is 1.63 bits per heavy atom. The quantitative estimate of drug-likeness (QED) is 0.688. The van der Waals surface area contributed by atoms with Gasteiger partial charge in [0.2, 0.25) is 0 Å². The smallest absolute Gasteiger partial charge is 0.187 e. The minimum absolute atomic E-state index is 0.196. The molecule has 1 fully saturated rings. The van der Waals surface area contributed by atoms with Gasteiger partial charge in [-0.1, -0.05) is 66.7 Å². The Morgan fingerprint density at radius 3 is 2.19 bits per heavy atom. The molecule has 1 saturated heterocycles. The van der Waals surface area contributed by atoms with E-state index in [1.807, 2.05) is 60.7 Å². The van der Waals surface area contributed by atoms with Gasteiger partial charge in [0.05, 0.1) is 19.8 Å². The fourth-order valence-electron chi connectivity index (χ4n) is 3.21. The first kappa shape index (κ1) is 19.7. The highest BCUT2D eigenvalue weighted by atomic mass is 16.7. The van der Waals surface area contributed by atoms with Crippen LogP contribution >= 0.6 is 0 Å². The number of methoxy groups -OCH3 is 1. The third kappa shape index (κ3) is 4.64. The zero-order valence-corrected chi connectivity index (χ0v) is 15.5. The van der Waals surface area contributed by atoms with Crippen LogP contribution in [-0.4, -0.2) is 42.9 Å². The second-order valence-corrected chi connectivity index (χ2v) is 6.57. The number of hydrogen-bond donors (Lipinski definition) is 1. The van der Waals surface area contributed by atoms with Gasteiger partial charge in [-0.05, 0) is 11.1 Å². The van der Waals surface area contributed by atoms with E-state index < -0.39 is 24.1 Å². The largest absolute Gasteiger partial charge is 0.385 e. The van der Waals surface area contributed by atoms with E-state index >= 15 is 0 Å². The minimum Gasteiger partial charge on any atom is -0.385 e. The Balaban J connectivity index is 1.69. The lowest BCUT2D eigenvalue weighted by atomic mass is 9.96. The number of aliphatic hydroxyl groups excluding tert-OH is 1. The van der Waals surface area contributed by atoms with Gasteiger partial charge in [-0.2, -0.15) is 0 Å². The summed E-state index contributed by atoms with van der Waals surface area (Å²) < 4.78 is 23.1. The van der Waals surface area contributed by atoms with E-state index in [0.717, 1.165) is 11.1 Å². The Morgan fingerprint density at radius 1 is 1.04 bits per heavy atom. The molecular formula is C22H26O5. The summed E-state index contributed by atoms with van der Waals surface area (Å²) in [5, 5.41) is 10.6. The van der Waals surface area contributed by atoms with Gasteiger partial charge in [-0.3, -0.25) is 0 Å². The molecule has 4 atom stereocenters. The molecule has 2 aromatic carbocycles. The molecule has 0 spiro atoms. The molecule has 0 bridgehead atoms. The van der Waals surface area contributed by atoms with E-state index in [0.29, 0.717) is 13.2 Å². The van der Waals surface area contributed by atoms with Crippen molar-refractivity contribution in [1.29, 1.82) is 0 Å².